The van der Waals surface area contributed by atoms with Crippen LogP contribution in [0.25, 0.3) is 22.2 Å². The lowest BCUT2D eigenvalue weighted by molar-refractivity contribution is 0.494. The Bertz CT molecular complexity index is 1550. The summed E-state index contributed by atoms with van der Waals surface area (Å²) in [6, 6.07) is 15.8. The molecule has 0 bridgehead atoms. The number of fused-ring (bicyclic) bond motifs is 1. The van der Waals surface area contributed by atoms with Crippen molar-refractivity contribution in [1.29, 1.82) is 5.26 Å². The number of rotatable bonds is 8. The fraction of sp³-hybridized carbons (Fsp3) is 0.148. The van der Waals surface area contributed by atoms with Crippen molar-refractivity contribution in [3.8, 4) is 17.4 Å². The van der Waals surface area contributed by atoms with Crippen molar-refractivity contribution in [3.05, 3.63) is 93.3 Å². The van der Waals surface area contributed by atoms with Gasteiger partial charge in [-0.05, 0) is 48.9 Å². The van der Waals surface area contributed by atoms with E-state index < -0.39 is 0 Å². The van der Waals surface area contributed by atoms with Crippen LogP contribution in [0.1, 0.15) is 22.7 Å². The summed E-state index contributed by atoms with van der Waals surface area (Å²) in [5.41, 5.74) is 4.47. The second-order valence-electron chi connectivity index (χ2n) is 8.32. The Morgan fingerprint density at radius 1 is 1.14 bits per heavy atom. The van der Waals surface area contributed by atoms with Crippen LogP contribution in [0, 0.1) is 18.3 Å². The number of halogens is 2. The first-order valence-corrected chi connectivity index (χ1v) is 12.5. The van der Waals surface area contributed by atoms with Crippen molar-refractivity contribution in [2.24, 2.45) is 0 Å². The van der Waals surface area contributed by atoms with E-state index in [-0.39, 0.29) is 0 Å². The molecule has 5 aromatic rings. The van der Waals surface area contributed by atoms with Crippen molar-refractivity contribution in [3.63, 3.8) is 0 Å². The molecular weight excluding hydrogens is 540 g/mol. The third-order valence-electron chi connectivity index (χ3n) is 5.83. The summed E-state index contributed by atoms with van der Waals surface area (Å²) in [4.78, 5) is 11.8. The third kappa shape index (κ3) is 5.14. The Morgan fingerprint density at radius 3 is 2.81 bits per heavy atom. The van der Waals surface area contributed by atoms with E-state index in [1.807, 2.05) is 55.6 Å². The van der Waals surface area contributed by atoms with Crippen molar-refractivity contribution in [2.75, 3.05) is 11.9 Å². The molecule has 0 aliphatic carbocycles. The predicted octanol–water partition coefficient (Wildman–Crippen LogP) is 6.89. The SMILES string of the molecule is Cc1cc(Br)cc(Cl)c1Nc1c(C#N)cnc2cc(-c3ccc(CNCCc4ncc[nH]4)o3)ccc12. The number of furan rings is 1. The summed E-state index contributed by atoms with van der Waals surface area (Å²) in [5.74, 6) is 2.56. The highest BCUT2D eigenvalue weighted by atomic mass is 79.9. The Morgan fingerprint density at radius 2 is 2.03 bits per heavy atom. The minimum atomic E-state index is 0.439. The monoisotopic (exact) mass is 560 g/mol. The molecule has 9 heteroatoms. The summed E-state index contributed by atoms with van der Waals surface area (Å²) in [7, 11) is 0. The molecule has 36 heavy (non-hydrogen) atoms. The van der Waals surface area contributed by atoms with Crippen LogP contribution >= 0.6 is 27.5 Å². The Hall–Kier alpha value is -3.64. The number of nitrogens with one attached hydrogen (secondary N) is 3. The summed E-state index contributed by atoms with van der Waals surface area (Å²) in [5, 5.41) is 17.9. The number of H-pyrrole nitrogens is 1. The van der Waals surface area contributed by atoms with Gasteiger partial charge >= 0.3 is 0 Å². The average Bonchev–Trinajstić information content (AvgIpc) is 3.56. The Balaban J connectivity index is 1.37. The van der Waals surface area contributed by atoms with Gasteiger partial charge in [-0.2, -0.15) is 5.26 Å². The number of anilines is 2. The molecule has 2 aromatic carbocycles. The largest absolute Gasteiger partial charge is 0.460 e. The van der Waals surface area contributed by atoms with E-state index in [0.717, 1.165) is 62.5 Å². The van der Waals surface area contributed by atoms with Gasteiger partial charge in [0.2, 0.25) is 0 Å². The number of aryl methyl sites for hydroxylation is 1. The van der Waals surface area contributed by atoms with E-state index in [2.05, 4.69) is 47.6 Å². The standard InChI is InChI=1S/C27H22BrClN6O/c1-16-10-19(28)12-22(29)26(16)35-27-18(13-30)14-34-23-11-17(2-4-21(23)27)24-5-3-20(36-24)15-31-7-6-25-32-8-9-33-25/h2-5,8-12,14,31H,6-7,15H2,1H3,(H,32,33)(H,34,35). The van der Waals surface area contributed by atoms with Gasteiger partial charge < -0.3 is 20.0 Å². The molecule has 3 aromatic heterocycles. The van der Waals surface area contributed by atoms with Gasteiger partial charge in [-0.1, -0.05) is 33.6 Å². The second-order valence-corrected chi connectivity index (χ2v) is 9.65. The van der Waals surface area contributed by atoms with Gasteiger partial charge in [0.25, 0.3) is 0 Å². The number of hydrogen-bond donors (Lipinski definition) is 3. The molecule has 0 aliphatic rings. The number of nitrogens with zero attached hydrogens (tertiary/aromatic N) is 3. The predicted molar refractivity (Wildman–Crippen MR) is 145 cm³/mol. The Labute approximate surface area is 221 Å². The maximum atomic E-state index is 9.72. The van der Waals surface area contributed by atoms with Gasteiger partial charge in [0, 0.05) is 47.0 Å². The lowest BCUT2D eigenvalue weighted by Gasteiger charge is -2.15. The first kappa shape index (κ1) is 24.1. The van der Waals surface area contributed by atoms with Crippen LogP contribution in [0.5, 0.6) is 0 Å². The summed E-state index contributed by atoms with van der Waals surface area (Å²) >= 11 is 9.96. The lowest BCUT2D eigenvalue weighted by atomic mass is 10.1. The molecule has 0 aliphatic heterocycles. The zero-order valence-corrected chi connectivity index (χ0v) is 21.7. The average molecular weight is 562 g/mol. The molecule has 3 N–H and O–H groups in total. The van der Waals surface area contributed by atoms with Crippen molar-refractivity contribution >= 4 is 49.8 Å². The number of hydrogen-bond acceptors (Lipinski definition) is 6. The van der Waals surface area contributed by atoms with Gasteiger partial charge in [-0.25, -0.2) is 4.98 Å². The van der Waals surface area contributed by atoms with E-state index in [1.54, 1.807) is 12.4 Å². The first-order chi connectivity index (χ1) is 17.5. The van der Waals surface area contributed by atoms with E-state index in [4.69, 9.17) is 16.0 Å². The van der Waals surface area contributed by atoms with Crippen LogP contribution < -0.4 is 10.6 Å². The van der Waals surface area contributed by atoms with Crippen LogP contribution in [-0.2, 0) is 13.0 Å². The minimum absolute atomic E-state index is 0.439. The van der Waals surface area contributed by atoms with Crippen molar-refractivity contribution in [1.82, 2.24) is 20.3 Å². The number of aromatic nitrogens is 3. The summed E-state index contributed by atoms with van der Waals surface area (Å²) in [6.07, 6.45) is 5.98. The van der Waals surface area contributed by atoms with Crippen LogP contribution in [0.2, 0.25) is 5.02 Å². The van der Waals surface area contributed by atoms with Crippen LogP contribution in [0.4, 0.5) is 11.4 Å². The molecule has 0 fully saturated rings. The second kappa shape index (κ2) is 10.5. The smallest absolute Gasteiger partial charge is 0.134 e. The maximum absolute atomic E-state index is 9.72. The van der Waals surface area contributed by atoms with Crippen molar-refractivity contribution in [2.45, 2.75) is 19.9 Å². The van der Waals surface area contributed by atoms with Gasteiger partial charge in [0.05, 0.1) is 34.0 Å². The van der Waals surface area contributed by atoms with Gasteiger partial charge in [0.1, 0.15) is 23.4 Å². The first-order valence-electron chi connectivity index (χ1n) is 11.4. The highest BCUT2D eigenvalue weighted by molar-refractivity contribution is 9.10. The number of pyridine rings is 1. The molecular formula is C27H22BrClN6O. The fourth-order valence-corrected chi connectivity index (χ4v) is 5.05. The minimum Gasteiger partial charge on any atom is -0.460 e. The summed E-state index contributed by atoms with van der Waals surface area (Å²) in [6.45, 7) is 3.38. The molecule has 0 radical (unpaired) electrons. The molecule has 5 rings (SSSR count). The zero-order chi connectivity index (χ0) is 25.1. The zero-order valence-electron chi connectivity index (χ0n) is 19.4. The lowest BCUT2D eigenvalue weighted by Crippen LogP contribution is -2.16. The van der Waals surface area contributed by atoms with Gasteiger partial charge in [-0.3, -0.25) is 4.98 Å². The molecule has 7 nitrogen and oxygen atoms in total. The Kier molecular flexibility index (Phi) is 7.05. The van der Waals surface area contributed by atoms with E-state index >= 15 is 0 Å². The molecule has 0 unspecified atom stereocenters. The maximum Gasteiger partial charge on any atom is 0.134 e. The molecule has 0 saturated heterocycles. The van der Waals surface area contributed by atoms with E-state index in [1.165, 1.54) is 0 Å². The van der Waals surface area contributed by atoms with E-state index in [9.17, 15) is 5.26 Å². The van der Waals surface area contributed by atoms with Crippen LogP contribution in [-0.4, -0.2) is 21.5 Å². The molecule has 180 valence electrons. The number of benzene rings is 2. The number of imidazole rings is 1. The molecule has 0 atom stereocenters. The quantitative estimate of drug-likeness (QED) is 0.178. The van der Waals surface area contributed by atoms with Gasteiger partial charge in [-0.15, -0.1) is 0 Å². The summed E-state index contributed by atoms with van der Waals surface area (Å²) < 4.78 is 6.96. The van der Waals surface area contributed by atoms with E-state index in [0.29, 0.717) is 22.8 Å². The highest BCUT2D eigenvalue weighted by Gasteiger charge is 2.15. The third-order valence-corrected chi connectivity index (χ3v) is 6.59. The molecule has 0 amide bonds. The topological polar surface area (TPSA) is 103 Å². The number of aromatic amines is 1. The van der Waals surface area contributed by atoms with Crippen LogP contribution in [0.15, 0.2) is 69.9 Å². The molecule has 3 heterocycles. The highest BCUT2D eigenvalue weighted by Crippen LogP contribution is 2.37. The normalized spacial score (nSPS) is 11.1. The number of nitriles is 1. The van der Waals surface area contributed by atoms with Gasteiger partial charge in [0.15, 0.2) is 0 Å². The van der Waals surface area contributed by atoms with Crippen LogP contribution in [0.3, 0.4) is 0 Å². The van der Waals surface area contributed by atoms with Crippen molar-refractivity contribution < 1.29 is 4.42 Å². The molecule has 0 saturated carbocycles. The molecule has 0 spiro atoms. The fourth-order valence-electron chi connectivity index (χ4n) is 4.03.